The van der Waals surface area contributed by atoms with Gasteiger partial charge in [0.25, 0.3) is 0 Å². The van der Waals surface area contributed by atoms with E-state index >= 15 is 0 Å². The van der Waals surface area contributed by atoms with E-state index < -0.39 is 0 Å². The van der Waals surface area contributed by atoms with Crippen molar-refractivity contribution in [2.45, 2.75) is 45.4 Å². The van der Waals surface area contributed by atoms with Gasteiger partial charge >= 0.3 is 0 Å². The lowest BCUT2D eigenvalue weighted by molar-refractivity contribution is 0.156. The summed E-state index contributed by atoms with van der Waals surface area (Å²) in [6.45, 7) is 6.43. The lowest BCUT2D eigenvalue weighted by Crippen LogP contribution is -2.35. The standard InChI is InChI=1S/C14H21NO2/c1-9(2)15-12-8-10(3)17-14-11(12)6-5-7-13(14)16-4/h5-7,9-10,12,15H,8H2,1-4H3. The first-order valence-corrected chi connectivity index (χ1v) is 6.21. The van der Waals surface area contributed by atoms with Crippen LogP contribution in [0.1, 0.15) is 38.8 Å². The molecule has 0 radical (unpaired) electrons. The molecule has 0 aromatic heterocycles. The van der Waals surface area contributed by atoms with E-state index in [-0.39, 0.29) is 6.10 Å². The van der Waals surface area contributed by atoms with Crippen LogP contribution in [-0.2, 0) is 0 Å². The molecular weight excluding hydrogens is 214 g/mol. The number of ether oxygens (including phenoxy) is 2. The van der Waals surface area contributed by atoms with Gasteiger partial charge in [-0.1, -0.05) is 26.0 Å². The van der Waals surface area contributed by atoms with Crippen LogP contribution in [0.3, 0.4) is 0 Å². The zero-order valence-electron chi connectivity index (χ0n) is 11.0. The highest BCUT2D eigenvalue weighted by Crippen LogP contribution is 2.41. The van der Waals surface area contributed by atoms with Crippen molar-refractivity contribution in [3.63, 3.8) is 0 Å². The first kappa shape index (κ1) is 12.2. The summed E-state index contributed by atoms with van der Waals surface area (Å²) in [5.41, 5.74) is 1.20. The molecular formula is C14H21NO2. The zero-order valence-corrected chi connectivity index (χ0v) is 11.0. The van der Waals surface area contributed by atoms with E-state index in [0.29, 0.717) is 12.1 Å². The molecule has 2 atom stereocenters. The molecule has 0 saturated carbocycles. The van der Waals surface area contributed by atoms with Crippen LogP contribution < -0.4 is 14.8 Å². The molecule has 0 aliphatic carbocycles. The Labute approximate surface area is 103 Å². The minimum atomic E-state index is 0.218. The van der Waals surface area contributed by atoms with Gasteiger partial charge < -0.3 is 14.8 Å². The average Bonchev–Trinajstić information content (AvgIpc) is 2.27. The van der Waals surface area contributed by atoms with Gasteiger partial charge in [-0.25, -0.2) is 0 Å². The molecule has 94 valence electrons. The van der Waals surface area contributed by atoms with Crippen molar-refractivity contribution in [3.05, 3.63) is 23.8 Å². The van der Waals surface area contributed by atoms with Gasteiger partial charge in [-0.3, -0.25) is 0 Å². The van der Waals surface area contributed by atoms with Gasteiger partial charge in [0, 0.05) is 24.1 Å². The third-order valence-electron chi connectivity index (χ3n) is 3.03. The molecule has 3 nitrogen and oxygen atoms in total. The highest BCUT2D eigenvalue weighted by atomic mass is 16.5. The normalized spacial score (nSPS) is 23.1. The second-order valence-electron chi connectivity index (χ2n) is 4.92. The fourth-order valence-electron chi connectivity index (χ4n) is 2.36. The van der Waals surface area contributed by atoms with Gasteiger partial charge in [-0.2, -0.15) is 0 Å². The number of rotatable bonds is 3. The molecule has 1 N–H and O–H groups in total. The van der Waals surface area contributed by atoms with Crippen LogP contribution in [-0.4, -0.2) is 19.3 Å². The fraction of sp³-hybridized carbons (Fsp3) is 0.571. The summed E-state index contributed by atoms with van der Waals surface area (Å²) in [6.07, 6.45) is 1.22. The summed E-state index contributed by atoms with van der Waals surface area (Å²) in [4.78, 5) is 0. The largest absolute Gasteiger partial charge is 0.493 e. The maximum absolute atomic E-state index is 5.90. The number of methoxy groups -OCH3 is 1. The maximum atomic E-state index is 5.90. The number of para-hydroxylation sites is 1. The van der Waals surface area contributed by atoms with Crippen molar-refractivity contribution in [1.82, 2.24) is 5.32 Å². The Bertz CT molecular complexity index is 390. The third kappa shape index (κ3) is 2.55. The quantitative estimate of drug-likeness (QED) is 0.873. The lowest BCUT2D eigenvalue weighted by atomic mass is 9.96. The number of benzene rings is 1. The van der Waals surface area contributed by atoms with E-state index in [9.17, 15) is 0 Å². The van der Waals surface area contributed by atoms with E-state index in [4.69, 9.17) is 9.47 Å². The van der Waals surface area contributed by atoms with Crippen LogP contribution in [0.25, 0.3) is 0 Å². The predicted molar refractivity (Wildman–Crippen MR) is 68.7 cm³/mol. The summed E-state index contributed by atoms with van der Waals surface area (Å²) in [5, 5.41) is 3.58. The highest BCUT2D eigenvalue weighted by molar-refractivity contribution is 5.49. The van der Waals surface area contributed by atoms with E-state index in [1.165, 1.54) is 5.56 Å². The average molecular weight is 235 g/mol. The Morgan fingerprint density at radius 1 is 1.41 bits per heavy atom. The van der Waals surface area contributed by atoms with Crippen LogP contribution in [0.5, 0.6) is 11.5 Å². The maximum Gasteiger partial charge on any atom is 0.166 e. The smallest absolute Gasteiger partial charge is 0.166 e. The second kappa shape index (κ2) is 4.96. The van der Waals surface area contributed by atoms with Crippen LogP contribution in [0.15, 0.2) is 18.2 Å². The summed E-state index contributed by atoms with van der Waals surface area (Å²) < 4.78 is 11.3. The SMILES string of the molecule is COc1cccc2c1OC(C)CC2NC(C)C. The van der Waals surface area contributed by atoms with Crippen LogP contribution in [0, 0.1) is 0 Å². The van der Waals surface area contributed by atoms with E-state index in [1.807, 2.05) is 12.1 Å². The minimum absolute atomic E-state index is 0.218. The van der Waals surface area contributed by atoms with E-state index in [2.05, 4.69) is 32.2 Å². The summed E-state index contributed by atoms with van der Waals surface area (Å²) in [5.74, 6) is 1.72. The van der Waals surface area contributed by atoms with Crippen LogP contribution in [0.4, 0.5) is 0 Å². The fourth-order valence-corrected chi connectivity index (χ4v) is 2.36. The van der Waals surface area contributed by atoms with Crippen molar-refractivity contribution in [2.75, 3.05) is 7.11 Å². The Morgan fingerprint density at radius 3 is 2.82 bits per heavy atom. The topological polar surface area (TPSA) is 30.5 Å². The Kier molecular flexibility index (Phi) is 3.57. The monoisotopic (exact) mass is 235 g/mol. The minimum Gasteiger partial charge on any atom is -0.493 e. The molecule has 0 amide bonds. The van der Waals surface area contributed by atoms with Gasteiger partial charge in [-0.15, -0.1) is 0 Å². The molecule has 1 aliphatic heterocycles. The molecule has 1 aromatic carbocycles. The molecule has 0 fully saturated rings. The van der Waals surface area contributed by atoms with Crippen molar-refractivity contribution in [2.24, 2.45) is 0 Å². The molecule has 3 heteroatoms. The number of hydrogen-bond donors (Lipinski definition) is 1. The molecule has 2 rings (SSSR count). The van der Waals surface area contributed by atoms with Gasteiger partial charge in [0.15, 0.2) is 11.5 Å². The van der Waals surface area contributed by atoms with Crippen LogP contribution in [0.2, 0.25) is 0 Å². The molecule has 1 aliphatic rings. The molecule has 0 bridgehead atoms. The molecule has 17 heavy (non-hydrogen) atoms. The Morgan fingerprint density at radius 2 is 2.18 bits per heavy atom. The summed E-state index contributed by atoms with van der Waals surface area (Å²) in [6, 6.07) is 6.90. The lowest BCUT2D eigenvalue weighted by Gasteiger charge is -2.33. The molecule has 1 aromatic rings. The van der Waals surface area contributed by atoms with Crippen molar-refractivity contribution in [3.8, 4) is 11.5 Å². The Hall–Kier alpha value is -1.22. The zero-order chi connectivity index (χ0) is 12.4. The van der Waals surface area contributed by atoms with Gasteiger partial charge in [-0.05, 0) is 13.0 Å². The highest BCUT2D eigenvalue weighted by Gasteiger charge is 2.28. The third-order valence-corrected chi connectivity index (χ3v) is 3.03. The van der Waals surface area contributed by atoms with Crippen molar-refractivity contribution in [1.29, 1.82) is 0 Å². The number of hydrogen-bond acceptors (Lipinski definition) is 3. The molecule has 0 saturated heterocycles. The molecule has 0 spiro atoms. The van der Waals surface area contributed by atoms with Gasteiger partial charge in [0.1, 0.15) is 0 Å². The van der Waals surface area contributed by atoms with Gasteiger partial charge in [0.2, 0.25) is 0 Å². The van der Waals surface area contributed by atoms with Crippen molar-refractivity contribution >= 4 is 0 Å². The predicted octanol–water partition coefficient (Wildman–Crippen LogP) is 2.91. The number of fused-ring (bicyclic) bond motifs is 1. The van der Waals surface area contributed by atoms with Gasteiger partial charge in [0.05, 0.1) is 13.2 Å². The summed E-state index contributed by atoms with van der Waals surface area (Å²) in [7, 11) is 1.68. The first-order valence-electron chi connectivity index (χ1n) is 6.21. The van der Waals surface area contributed by atoms with E-state index in [0.717, 1.165) is 17.9 Å². The molecule has 1 heterocycles. The van der Waals surface area contributed by atoms with Crippen LogP contribution >= 0.6 is 0 Å². The molecule has 2 unspecified atom stereocenters. The van der Waals surface area contributed by atoms with E-state index in [1.54, 1.807) is 7.11 Å². The first-order chi connectivity index (χ1) is 8.11. The second-order valence-corrected chi connectivity index (χ2v) is 4.92. The Balaban J connectivity index is 2.36. The van der Waals surface area contributed by atoms with Crippen molar-refractivity contribution < 1.29 is 9.47 Å². The number of nitrogens with one attached hydrogen (secondary N) is 1. The summed E-state index contributed by atoms with van der Waals surface area (Å²) >= 11 is 0.